The molecule has 0 heterocycles. The van der Waals surface area contributed by atoms with Crippen LogP contribution in [0.15, 0.2) is 11.1 Å². The number of carbonyl (C=O) groups excluding carboxylic acids is 1. The molecule has 0 saturated heterocycles. The molecule has 0 unspecified atom stereocenters. The Hall–Kier alpha value is -0.710. The number of aliphatic hydroxyl groups is 3. The van der Waals surface area contributed by atoms with Crippen LogP contribution < -0.4 is 0 Å². The highest BCUT2D eigenvalue weighted by Crippen LogP contribution is 2.26. The second kappa shape index (κ2) is 6.13. The Morgan fingerprint density at radius 1 is 1.31 bits per heavy atom. The van der Waals surface area contributed by atoms with E-state index in [2.05, 4.69) is 6.92 Å². The van der Waals surface area contributed by atoms with E-state index in [1.54, 1.807) is 0 Å². The maximum absolute atomic E-state index is 11.7. The third-order valence-corrected chi connectivity index (χ3v) is 3.04. The molecule has 0 aromatic rings. The summed E-state index contributed by atoms with van der Waals surface area (Å²) in [7, 11) is 0. The predicted octanol–water partition coefficient (Wildman–Crippen LogP) is 0.550. The number of hydrogen-bond acceptors (Lipinski definition) is 4. The van der Waals surface area contributed by atoms with E-state index in [4.69, 9.17) is 5.11 Å². The van der Waals surface area contributed by atoms with E-state index in [1.165, 1.54) is 0 Å². The van der Waals surface area contributed by atoms with Crippen LogP contribution in [0.5, 0.6) is 0 Å². The van der Waals surface area contributed by atoms with Gasteiger partial charge in [-0.3, -0.25) is 4.79 Å². The largest absolute Gasteiger partial charge is 0.392 e. The Kier molecular flexibility index (Phi) is 5.12. The summed E-state index contributed by atoms with van der Waals surface area (Å²) >= 11 is 0. The highest BCUT2D eigenvalue weighted by Gasteiger charge is 2.32. The maximum Gasteiger partial charge on any atom is 0.161 e. The van der Waals surface area contributed by atoms with Crippen molar-refractivity contribution >= 4 is 5.78 Å². The van der Waals surface area contributed by atoms with Gasteiger partial charge in [0, 0.05) is 6.42 Å². The zero-order valence-corrected chi connectivity index (χ0v) is 9.65. The van der Waals surface area contributed by atoms with Crippen molar-refractivity contribution in [1.82, 2.24) is 0 Å². The first-order valence-electron chi connectivity index (χ1n) is 5.83. The molecule has 92 valence electrons. The van der Waals surface area contributed by atoms with Crippen LogP contribution in [-0.4, -0.2) is 39.9 Å². The number of carbonyl (C=O) groups is 1. The van der Waals surface area contributed by atoms with E-state index < -0.39 is 12.2 Å². The Morgan fingerprint density at radius 2 is 2.00 bits per heavy atom. The van der Waals surface area contributed by atoms with Crippen molar-refractivity contribution in [2.24, 2.45) is 0 Å². The number of unbranched alkanes of at least 4 members (excludes halogenated alkanes) is 2. The van der Waals surface area contributed by atoms with Gasteiger partial charge in [-0.2, -0.15) is 0 Å². The van der Waals surface area contributed by atoms with Crippen molar-refractivity contribution in [3.63, 3.8) is 0 Å². The molecule has 1 rings (SSSR count). The van der Waals surface area contributed by atoms with E-state index in [-0.39, 0.29) is 18.8 Å². The predicted molar refractivity (Wildman–Crippen MR) is 59.9 cm³/mol. The zero-order valence-electron chi connectivity index (χ0n) is 9.65. The molecular weight excluding hydrogens is 208 g/mol. The topological polar surface area (TPSA) is 77.8 Å². The summed E-state index contributed by atoms with van der Waals surface area (Å²) in [6, 6.07) is 0. The van der Waals surface area contributed by atoms with Gasteiger partial charge in [0.05, 0.1) is 12.7 Å². The average molecular weight is 228 g/mol. The summed E-state index contributed by atoms with van der Waals surface area (Å²) in [4.78, 5) is 11.7. The first-order valence-corrected chi connectivity index (χ1v) is 5.83. The van der Waals surface area contributed by atoms with E-state index in [0.717, 1.165) is 19.3 Å². The quantitative estimate of drug-likeness (QED) is 0.600. The lowest BCUT2D eigenvalue weighted by Crippen LogP contribution is -2.37. The summed E-state index contributed by atoms with van der Waals surface area (Å²) in [5.41, 5.74) is 0.827. The molecule has 0 fully saturated rings. The van der Waals surface area contributed by atoms with Crippen molar-refractivity contribution in [2.75, 3.05) is 6.61 Å². The number of aliphatic hydroxyl groups excluding tert-OH is 3. The van der Waals surface area contributed by atoms with Crippen molar-refractivity contribution in [1.29, 1.82) is 0 Å². The van der Waals surface area contributed by atoms with Crippen LogP contribution in [0.4, 0.5) is 0 Å². The number of hydrogen-bond donors (Lipinski definition) is 3. The molecule has 0 saturated carbocycles. The van der Waals surface area contributed by atoms with Gasteiger partial charge in [0.2, 0.25) is 0 Å². The smallest absolute Gasteiger partial charge is 0.161 e. The first kappa shape index (κ1) is 13.4. The van der Waals surface area contributed by atoms with Gasteiger partial charge in [0.15, 0.2) is 5.78 Å². The fourth-order valence-corrected chi connectivity index (χ4v) is 2.06. The molecule has 0 aliphatic heterocycles. The highest BCUT2D eigenvalue weighted by atomic mass is 16.3. The fourth-order valence-electron chi connectivity index (χ4n) is 2.06. The van der Waals surface area contributed by atoms with Gasteiger partial charge in [-0.15, -0.1) is 0 Å². The Labute approximate surface area is 95.6 Å². The Morgan fingerprint density at radius 3 is 2.56 bits per heavy atom. The van der Waals surface area contributed by atoms with Crippen LogP contribution in [0.3, 0.4) is 0 Å². The average Bonchev–Trinajstić information content (AvgIpc) is 2.26. The summed E-state index contributed by atoms with van der Waals surface area (Å²) in [6.45, 7) is 1.72. The number of rotatable bonds is 5. The lowest BCUT2D eigenvalue weighted by Gasteiger charge is -2.27. The lowest BCUT2D eigenvalue weighted by atomic mass is 9.84. The molecule has 1 aliphatic rings. The van der Waals surface area contributed by atoms with Crippen LogP contribution in [-0.2, 0) is 4.79 Å². The monoisotopic (exact) mass is 228 g/mol. The third kappa shape index (κ3) is 2.90. The lowest BCUT2D eigenvalue weighted by molar-refractivity contribution is -0.120. The van der Waals surface area contributed by atoms with Gasteiger partial charge in [-0.25, -0.2) is 0 Å². The molecule has 16 heavy (non-hydrogen) atoms. The normalized spacial score (nSPS) is 26.4. The van der Waals surface area contributed by atoms with Crippen molar-refractivity contribution in [3.05, 3.63) is 11.1 Å². The molecule has 4 nitrogen and oxygen atoms in total. The molecule has 0 spiro atoms. The number of ketones is 1. The van der Waals surface area contributed by atoms with Gasteiger partial charge in [-0.05, 0) is 24.0 Å². The van der Waals surface area contributed by atoms with E-state index in [9.17, 15) is 15.0 Å². The van der Waals surface area contributed by atoms with Crippen LogP contribution in [0.1, 0.15) is 39.0 Å². The zero-order chi connectivity index (χ0) is 12.1. The Balaban J connectivity index is 2.80. The third-order valence-electron chi connectivity index (χ3n) is 3.04. The number of Topliss-reactive ketones (excluding diaryl/α,β-unsaturated/α-hetero) is 1. The highest BCUT2D eigenvalue weighted by molar-refractivity contribution is 5.97. The fraction of sp³-hybridized carbons (Fsp3) is 0.750. The van der Waals surface area contributed by atoms with Gasteiger partial charge in [0.25, 0.3) is 0 Å². The molecule has 0 bridgehead atoms. The molecule has 3 N–H and O–H groups in total. The summed E-state index contributed by atoms with van der Waals surface area (Å²) in [6.07, 6.45) is 1.36. The van der Waals surface area contributed by atoms with Crippen LogP contribution >= 0.6 is 0 Å². The molecule has 0 aromatic carbocycles. The first-order chi connectivity index (χ1) is 7.61. The second-order valence-corrected chi connectivity index (χ2v) is 4.26. The molecule has 0 radical (unpaired) electrons. The van der Waals surface area contributed by atoms with Crippen molar-refractivity contribution < 1.29 is 20.1 Å². The minimum absolute atomic E-state index is 0.0356. The molecule has 0 aromatic heterocycles. The summed E-state index contributed by atoms with van der Waals surface area (Å²) < 4.78 is 0. The molecule has 1 aliphatic carbocycles. The van der Waals surface area contributed by atoms with E-state index in [1.807, 2.05) is 0 Å². The van der Waals surface area contributed by atoms with Gasteiger partial charge in [0.1, 0.15) is 6.10 Å². The standard InChI is InChI=1S/C12H20O4/c1-2-3-4-5-8-9(7-13)12(16)11(15)6-10(8)14/h11-13,15-16H,2-7H2,1H3/t11-,12+/m1/s1. The Bertz CT molecular complexity index is 283. The minimum atomic E-state index is -1.08. The van der Waals surface area contributed by atoms with Crippen molar-refractivity contribution in [3.8, 4) is 0 Å². The van der Waals surface area contributed by atoms with Crippen LogP contribution in [0.25, 0.3) is 0 Å². The van der Waals surface area contributed by atoms with E-state index >= 15 is 0 Å². The van der Waals surface area contributed by atoms with Crippen molar-refractivity contribution in [2.45, 2.75) is 51.2 Å². The van der Waals surface area contributed by atoms with Gasteiger partial charge >= 0.3 is 0 Å². The summed E-state index contributed by atoms with van der Waals surface area (Å²) in [5, 5.41) is 28.2. The van der Waals surface area contributed by atoms with Gasteiger partial charge in [-0.1, -0.05) is 19.8 Å². The van der Waals surface area contributed by atoms with Crippen LogP contribution in [0, 0.1) is 0 Å². The SMILES string of the molecule is CCCCCC1=C(CO)[C@H](O)[C@H](O)CC1=O. The maximum atomic E-state index is 11.7. The second-order valence-electron chi connectivity index (χ2n) is 4.26. The molecular formula is C12H20O4. The van der Waals surface area contributed by atoms with Gasteiger partial charge < -0.3 is 15.3 Å². The molecule has 4 heteroatoms. The summed E-state index contributed by atoms with van der Waals surface area (Å²) in [5.74, 6) is -0.141. The molecule has 0 amide bonds. The minimum Gasteiger partial charge on any atom is -0.392 e. The molecule has 2 atom stereocenters. The van der Waals surface area contributed by atoms with Crippen LogP contribution in [0.2, 0.25) is 0 Å². The number of allylic oxidation sites excluding steroid dienone is 1. The van der Waals surface area contributed by atoms with E-state index in [0.29, 0.717) is 17.6 Å².